The van der Waals surface area contributed by atoms with Crippen LogP contribution in [0.25, 0.3) is 5.57 Å². The average molecular weight is 244 g/mol. The van der Waals surface area contributed by atoms with Crippen LogP contribution in [0.1, 0.15) is 38.3 Å². The monoisotopic (exact) mass is 244 g/mol. The number of rotatable bonds is 1. The molecule has 0 spiro atoms. The van der Waals surface area contributed by atoms with Gasteiger partial charge in [-0.15, -0.1) is 0 Å². The summed E-state index contributed by atoms with van der Waals surface area (Å²) in [7, 11) is 0. The molecule has 18 heavy (non-hydrogen) atoms. The molecule has 0 saturated heterocycles. The molecule has 0 amide bonds. The van der Waals surface area contributed by atoms with Crippen molar-refractivity contribution in [1.29, 1.82) is 0 Å². The fourth-order valence-corrected chi connectivity index (χ4v) is 2.21. The maximum Gasteiger partial charge on any atom is 0.186 e. The highest BCUT2D eigenvalue weighted by atomic mass is 16.5. The topological polar surface area (TPSA) is 40.5 Å². The van der Waals surface area contributed by atoms with Crippen molar-refractivity contribution in [2.75, 3.05) is 0 Å². The molecule has 0 aromatic heterocycles. The molecular weight excluding hydrogens is 224 g/mol. The van der Waals surface area contributed by atoms with Crippen molar-refractivity contribution in [3.63, 3.8) is 0 Å². The van der Waals surface area contributed by atoms with Crippen LogP contribution in [0, 0.1) is 0 Å². The summed E-state index contributed by atoms with van der Waals surface area (Å²) in [6, 6.07) is 8.26. The third-order valence-corrected chi connectivity index (χ3v) is 3.20. The van der Waals surface area contributed by atoms with Gasteiger partial charge in [-0.1, -0.05) is 57.2 Å². The molecule has 0 radical (unpaired) electrons. The zero-order chi connectivity index (χ0) is 13.4. The van der Waals surface area contributed by atoms with Gasteiger partial charge in [0.25, 0.3) is 0 Å². The summed E-state index contributed by atoms with van der Waals surface area (Å²) >= 11 is 0. The Morgan fingerprint density at radius 2 is 1.78 bits per heavy atom. The Labute approximate surface area is 108 Å². The first kappa shape index (κ1) is 13.1. The standard InChI is InChI=1S/C16H20O2/c1-15(2,3)14-7-5-4-6-13(14)12-8-10-16(17,18)11-9-12/h4-10,17-18H,11H2,1-3H3. The van der Waals surface area contributed by atoms with Crippen LogP contribution in [0.2, 0.25) is 0 Å². The SMILES string of the molecule is CC(C)(C)c1ccccc1C1=CCC(O)(O)C=C1. The molecule has 1 aliphatic carbocycles. The molecule has 0 aliphatic heterocycles. The van der Waals surface area contributed by atoms with Gasteiger partial charge >= 0.3 is 0 Å². The van der Waals surface area contributed by atoms with Crippen molar-refractivity contribution < 1.29 is 10.2 Å². The lowest BCUT2D eigenvalue weighted by molar-refractivity contribution is -0.114. The maximum absolute atomic E-state index is 9.49. The summed E-state index contributed by atoms with van der Waals surface area (Å²) in [5, 5.41) is 19.0. The average Bonchev–Trinajstić information content (AvgIpc) is 2.28. The molecule has 1 aliphatic rings. The lowest BCUT2D eigenvalue weighted by atomic mass is 9.81. The van der Waals surface area contributed by atoms with Crippen LogP contribution < -0.4 is 0 Å². The van der Waals surface area contributed by atoms with Gasteiger partial charge in [0.15, 0.2) is 5.79 Å². The van der Waals surface area contributed by atoms with Crippen LogP contribution >= 0.6 is 0 Å². The quantitative estimate of drug-likeness (QED) is 0.745. The van der Waals surface area contributed by atoms with Crippen LogP contribution in [-0.4, -0.2) is 16.0 Å². The van der Waals surface area contributed by atoms with E-state index in [2.05, 4.69) is 32.9 Å². The summed E-state index contributed by atoms with van der Waals surface area (Å²) in [5.41, 5.74) is 3.55. The number of aliphatic hydroxyl groups is 2. The van der Waals surface area contributed by atoms with Crippen LogP contribution in [0.3, 0.4) is 0 Å². The number of hydrogen-bond acceptors (Lipinski definition) is 2. The van der Waals surface area contributed by atoms with Gasteiger partial charge < -0.3 is 10.2 Å². The molecule has 2 rings (SSSR count). The molecule has 0 unspecified atom stereocenters. The van der Waals surface area contributed by atoms with Gasteiger partial charge in [-0.2, -0.15) is 0 Å². The molecule has 0 atom stereocenters. The lowest BCUT2D eigenvalue weighted by Gasteiger charge is -2.26. The largest absolute Gasteiger partial charge is 0.362 e. The minimum absolute atomic E-state index is 0.0677. The number of allylic oxidation sites excluding steroid dienone is 2. The van der Waals surface area contributed by atoms with Crippen molar-refractivity contribution in [1.82, 2.24) is 0 Å². The van der Waals surface area contributed by atoms with Crippen molar-refractivity contribution in [3.05, 3.63) is 53.6 Å². The fraction of sp³-hybridized carbons (Fsp3) is 0.375. The summed E-state index contributed by atoms with van der Waals surface area (Å²) in [6.45, 7) is 6.55. The van der Waals surface area contributed by atoms with E-state index in [9.17, 15) is 10.2 Å². The van der Waals surface area contributed by atoms with Crippen LogP contribution in [-0.2, 0) is 5.41 Å². The molecule has 2 heteroatoms. The second kappa shape index (κ2) is 4.38. The van der Waals surface area contributed by atoms with E-state index in [-0.39, 0.29) is 11.8 Å². The Kier molecular flexibility index (Phi) is 3.18. The Morgan fingerprint density at radius 1 is 1.11 bits per heavy atom. The molecule has 96 valence electrons. The van der Waals surface area contributed by atoms with Gasteiger partial charge in [0.05, 0.1) is 0 Å². The smallest absolute Gasteiger partial charge is 0.186 e. The third kappa shape index (κ3) is 2.71. The van der Waals surface area contributed by atoms with E-state index < -0.39 is 5.79 Å². The highest BCUT2D eigenvalue weighted by molar-refractivity contribution is 5.77. The van der Waals surface area contributed by atoms with E-state index in [1.807, 2.05) is 18.2 Å². The molecular formula is C16H20O2. The van der Waals surface area contributed by atoms with E-state index in [1.54, 1.807) is 6.08 Å². The molecule has 2 nitrogen and oxygen atoms in total. The zero-order valence-electron chi connectivity index (χ0n) is 11.1. The summed E-state index contributed by atoms with van der Waals surface area (Å²) in [4.78, 5) is 0. The predicted octanol–water partition coefficient (Wildman–Crippen LogP) is 3.01. The molecule has 1 aromatic rings. The minimum atomic E-state index is -1.69. The Hall–Kier alpha value is -1.38. The predicted molar refractivity (Wildman–Crippen MR) is 74.0 cm³/mol. The number of hydrogen-bond donors (Lipinski definition) is 2. The van der Waals surface area contributed by atoms with Crippen molar-refractivity contribution in [2.24, 2.45) is 0 Å². The second-order valence-electron chi connectivity index (χ2n) is 5.87. The van der Waals surface area contributed by atoms with Gasteiger partial charge in [-0.25, -0.2) is 0 Å². The zero-order valence-corrected chi connectivity index (χ0v) is 11.1. The Morgan fingerprint density at radius 3 is 2.33 bits per heavy atom. The highest BCUT2D eigenvalue weighted by Crippen LogP contribution is 2.33. The van der Waals surface area contributed by atoms with Crippen LogP contribution in [0.4, 0.5) is 0 Å². The van der Waals surface area contributed by atoms with Gasteiger partial charge in [-0.05, 0) is 28.2 Å². The van der Waals surface area contributed by atoms with Crippen molar-refractivity contribution in [3.8, 4) is 0 Å². The Balaban J connectivity index is 2.42. The first-order chi connectivity index (χ1) is 8.30. The van der Waals surface area contributed by atoms with Gasteiger partial charge in [0.1, 0.15) is 0 Å². The normalized spacial score (nSPS) is 18.6. The summed E-state index contributed by atoms with van der Waals surface area (Å²) < 4.78 is 0. The van der Waals surface area contributed by atoms with Crippen molar-refractivity contribution >= 4 is 5.57 Å². The van der Waals surface area contributed by atoms with Crippen molar-refractivity contribution in [2.45, 2.75) is 38.4 Å². The molecule has 0 fully saturated rings. The third-order valence-electron chi connectivity index (χ3n) is 3.20. The molecule has 1 aromatic carbocycles. The van der Waals surface area contributed by atoms with E-state index in [4.69, 9.17) is 0 Å². The Bertz CT molecular complexity index is 502. The van der Waals surface area contributed by atoms with Crippen LogP contribution in [0.15, 0.2) is 42.5 Å². The van der Waals surface area contributed by atoms with Gasteiger partial charge in [-0.3, -0.25) is 0 Å². The molecule has 2 N–H and O–H groups in total. The van der Waals surface area contributed by atoms with E-state index in [0.29, 0.717) is 0 Å². The van der Waals surface area contributed by atoms with Gasteiger partial charge in [0, 0.05) is 6.42 Å². The van der Waals surface area contributed by atoms with Gasteiger partial charge in [0.2, 0.25) is 0 Å². The van der Waals surface area contributed by atoms with E-state index in [1.165, 1.54) is 11.6 Å². The number of benzene rings is 1. The molecule has 0 saturated carbocycles. The minimum Gasteiger partial charge on any atom is -0.362 e. The van der Waals surface area contributed by atoms with Crippen LogP contribution in [0.5, 0.6) is 0 Å². The summed E-state index contributed by atoms with van der Waals surface area (Å²) in [6.07, 6.45) is 5.34. The maximum atomic E-state index is 9.49. The first-order valence-electron chi connectivity index (χ1n) is 6.24. The first-order valence-corrected chi connectivity index (χ1v) is 6.24. The van der Waals surface area contributed by atoms with E-state index >= 15 is 0 Å². The summed E-state index contributed by atoms with van der Waals surface area (Å²) in [5.74, 6) is -1.69. The fourth-order valence-electron chi connectivity index (χ4n) is 2.21. The van der Waals surface area contributed by atoms with E-state index in [0.717, 1.165) is 11.1 Å². The highest BCUT2D eigenvalue weighted by Gasteiger charge is 2.23. The second-order valence-corrected chi connectivity index (χ2v) is 5.87. The molecule has 0 heterocycles. The molecule has 0 bridgehead atoms. The lowest BCUT2D eigenvalue weighted by Crippen LogP contribution is -2.25.